The summed E-state index contributed by atoms with van der Waals surface area (Å²) in [5.41, 5.74) is 0.453. The molecule has 2 heterocycles. The van der Waals surface area contributed by atoms with E-state index in [1.807, 2.05) is 13.0 Å². The van der Waals surface area contributed by atoms with E-state index in [-0.39, 0.29) is 0 Å². The Hall–Kier alpha value is -2.53. The van der Waals surface area contributed by atoms with E-state index < -0.39 is 11.9 Å². The first-order valence-electron chi connectivity index (χ1n) is 7.94. The number of nitrogens with zero attached hydrogens (tertiary/aromatic N) is 1. The van der Waals surface area contributed by atoms with Crippen molar-refractivity contribution < 1.29 is 18.3 Å². The monoisotopic (exact) mass is 343 g/mol. The Labute approximate surface area is 142 Å². The van der Waals surface area contributed by atoms with Crippen molar-refractivity contribution in [3.8, 4) is 0 Å². The van der Waals surface area contributed by atoms with Gasteiger partial charge in [-0.15, -0.1) is 0 Å². The van der Waals surface area contributed by atoms with Crippen molar-refractivity contribution in [3.05, 3.63) is 77.0 Å². The zero-order chi connectivity index (χ0) is 18.0. The van der Waals surface area contributed by atoms with E-state index in [0.29, 0.717) is 22.3 Å². The Balaban J connectivity index is 2.13. The molecule has 0 bridgehead atoms. The summed E-state index contributed by atoms with van der Waals surface area (Å²) in [5.74, 6) is 0. The van der Waals surface area contributed by atoms with E-state index >= 15 is 0 Å². The van der Waals surface area contributed by atoms with Crippen LogP contribution in [-0.2, 0) is 5.72 Å². The van der Waals surface area contributed by atoms with E-state index in [4.69, 9.17) is 0 Å². The fraction of sp³-hybridized carbons (Fsp3) is 0.200. The molecule has 2 nitrogen and oxygen atoms in total. The predicted molar refractivity (Wildman–Crippen MR) is 91.2 cm³/mol. The molecule has 0 spiro atoms. The van der Waals surface area contributed by atoms with Gasteiger partial charge in [-0.25, -0.2) is 0 Å². The molecule has 1 atom stereocenters. The summed E-state index contributed by atoms with van der Waals surface area (Å²) in [4.78, 5) is 0. The second kappa shape index (κ2) is 4.99. The van der Waals surface area contributed by atoms with E-state index in [1.54, 1.807) is 49.4 Å². The van der Waals surface area contributed by atoms with Crippen molar-refractivity contribution >= 4 is 16.5 Å². The minimum Gasteiger partial charge on any atom is -0.360 e. The summed E-state index contributed by atoms with van der Waals surface area (Å²) in [5, 5.41) is 11.4. The van der Waals surface area contributed by atoms with Gasteiger partial charge in [0.2, 0.25) is 0 Å². The van der Waals surface area contributed by atoms with E-state index in [1.165, 1.54) is 0 Å². The molecule has 1 aliphatic heterocycles. The van der Waals surface area contributed by atoms with Crippen LogP contribution in [0.25, 0.3) is 16.5 Å². The number of alkyl halides is 3. The molecule has 25 heavy (non-hydrogen) atoms. The van der Waals surface area contributed by atoms with Gasteiger partial charge in [0.05, 0.1) is 11.2 Å². The molecule has 0 fully saturated rings. The lowest BCUT2D eigenvalue weighted by molar-refractivity contribution is -0.272. The molecule has 1 unspecified atom stereocenters. The Morgan fingerprint density at radius 1 is 1.00 bits per heavy atom. The van der Waals surface area contributed by atoms with E-state index in [0.717, 1.165) is 27.2 Å². The third-order valence-corrected chi connectivity index (χ3v) is 4.82. The molecule has 128 valence electrons. The summed E-state index contributed by atoms with van der Waals surface area (Å²) in [6, 6.07) is 14.1. The van der Waals surface area contributed by atoms with Crippen molar-refractivity contribution in [1.29, 1.82) is 0 Å². The minimum absolute atomic E-state index is 0.375. The molecule has 0 saturated heterocycles. The summed E-state index contributed by atoms with van der Waals surface area (Å²) in [6.07, 6.45) is -3.91. The maximum Gasteiger partial charge on any atom is 0.441 e. The lowest BCUT2D eigenvalue weighted by atomic mass is 9.98. The van der Waals surface area contributed by atoms with Gasteiger partial charge in [-0.05, 0) is 43.2 Å². The normalized spacial score (nSPS) is 20.0. The Kier molecular flexibility index (Phi) is 3.19. The van der Waals surface area contributed by atoms with Crippen LogP contribution in [0.5, 0.6) is 0 Å². The zero-order valence-corrected chi connectivity index (χ0v) is 13.7. The lowest BCUT2D eigenvalue weighted by Gasteiger charge is -2.27. The molecule has 0 radical (unpaired) electrons. The van der Waals surface area contributed by atoms with E-state index in [9.17, 15) is 18.3 Å². The molecule has 4 rings (SSSR count). The van der Waals surface area contributed by atoms with Gasteiger partial charge in [-0.2, -0.15) is 13.2 Å². The highest BCUT2D eigenvalue weighted by atomic mass is 19.4. The highest BCUT2D eigenvalue weighted by Gasteiger charge is 2.58. The fourth-order valence-corrected chi connectivity index (χ4v) is 3.62. The maximum absolute atomic E-state index is 13.8. The van der Waals surface area contributed by atoms with Crippen LogP contribution in [0.4, 0.5) is 13.2 Å². The van der Waals surface area contributed by atoms with Gasteiger partial charge < -0.3 is 9.67 Å². The third kappa shape index (κ3) is 2.09. The van der Waals surface area contributed by atoms with Crippen molar-refractivity contribution in [2.45, 2.75) is 25.7 Å². The van der Waals surface area contributed by atoms with Crippen LogP contribution in [0.15, 0.2) is 54.6 Å². The van der Waals surface area contributed by atoms with Gasteiger partial charge in [0.15, 0.2) is 0 Å². The summed E-state index contributed by atoms with van der Waals surface area (Å²) >= 11 is 0. The molecule has 2 aromatic carbocycles. The molecule has 0 aliphatic carbocycles. The first-order chi connectivity index (χ1) is 11.7. The number of hydrogen-bond donors (Lipinski definition) is 1. The van der Waals surface area contributed by atoms with Crippen molar-refractivity contribution in [1.82, 2.24) is 4.57 Å². The first kappa shape index (κ1) is 16.0. The van der Waals surface area contributed by atoms with Crippen LogP contribution >= 0.6 is 0 Å². The molecule has 1 aliphatic rings. The van der Waals surface area contributed by atoms with Crippen LogP contribution in [-0.4, -0.2) is 15.8 Å². The molecule has 3 aromatic rings. The summed E-state index contributed by atoms with van der Waals surface area (Å²) < 4.78 is 42.5. The SMILES string of the molecule is Cc1ccc2c(c1)c(C)c1n2C(O)(C(F)(F)F)C=C1c1ccccc1. The van der Waals surface area contributed by atoms with Crippen molar-refractivity contribution in [3.63, 3.8) is 0 Å². The van der Waals surface area contributed by atoms with Gasteiger partial charge in [0.25, 0.3) is 5.72 Å². The largest absolute Gasteiger partial charge is 0.441 e. The molecule has 0 saturated carbocycles. The fourth-order valence-electron chi connectivity index (χ4n) is 3.62. The Bertz CT molecular complexity index is 1010. The smallest absolute Gasteiger partial charge is 0.360 e. The maximum atomic E-state index is 13.8. The molecule has 0 amide bonds. The quantitative estimate of drug-likeness (QED) is 0.667. The van der Waals surface area contributed by atoms with E-state index in [2.05, 4.69) is 0 Å². The number of benzene rings is 2. The number of hydrogen-bond acceptors (Lipinski definition) is 1. The van der Waals surface area contributed by atoms with Crippen LogP contribution in [0.2, 0.25) is 0 Å². The molecule has 1 N–H and O–H groups in total. The minimum atomic E-state index is -4.83. The van der Waals surface area contributed by atoms with Crippen LogP contribution in [0.3, 0.4) is 0 Å². The molecular weight excluding hydrogens is 327 g/mol. The predicted octanol–water partition coefficient (Wildman–Crippen LogP) is 4.91. The number of aliphatic hydroxyl groups is 1. The number of rotatable bonds is 1. The summed E-state index contributed by atoms with van der Waals surface area (Å²) in [7, 11) is 0. The lowest BCUT2D eigenvalue weighted by Crippen LogP contribution is -2.44. The molecule has 1 aromatic heterocycles. The van der Waals surface area contributed by atoms with Crippen LogP contribution in [0, 0.1) is 13.8 Å². The second-order valence-corrected chi connectivity index (χ2v) is 6.48. The standard InChI is InChI=1S/C20H16F3NO/c1-12-8-9-17-15(10-12)13(2)18-16(14-6-4-3-5-7-14)11-19(25,24(17)18)20(21,22)23/h3-11,25H,1-2H3. The number of fused-ring (bicyclic) bond motifs is 3. The van der Waals surface area contributed by atoms with Gasteiger partial charge in [-0.3, -0.25) is 0 Å². The summed E-state index contributed by atoms with van der Waals surface area (Å²) in [6.45, 7) is 3.69. The zero-order valence-electron chi connectivity index (χ0n) is 13.7. The number of halogens is 3. The second-order valence-electron chi connectivity index (χ2n) is 6.48. The Morgan fingerprint density at radius 3 is 2.32 bits per heavy atom. The van der Waals surface area contributed by atoms with Gasteiger partial charge in [-0.1, -0.05) is 42.0 Å². The number of aryl methyl sites for hydroxylation is 2. The first-order valence-corrected chi connectivity index (χ1v) is 7.94. The third-order valence-electron chi connectivity index (χ3n) is 4.82. The molecular formula is C20H16F3NO. The van der Waals surface area contributed by atoms with Gasteiger partial charge in [0, 0.05) is 11.0 Å². The van der Waals surface area contributed by atoms with Gasteiger partial charge in [0.1, 0.15) is 0 Å². The van der Waals surface area contributed by atoms with Crippen molar-refractivity contribution in [2.75, 3.05) is 0 Å². The topological polar surface area (TPSA) is 25.2 Å². The highest BCUT2D eigenvalue weighted by molar-refractivity contribution is 5.96. The van der Waals surface area contributed by atoms with Crippen LogP contribution in [0.1, 0.15) is 22.4 Å². The molecule has 5 heteroatoms. The number of aromatic nitrogens is 1. The highest BCUT2D eigenvalue weighted by Crippen LogP contribution is 2.50. The Morgan fingerprint density at radius 2 is 1.68 bits per heavy atom. The van der Waals surface area contributed by atoms with Gasteiger partial charge >= 0.3 is 6.18 Å². The van der Waals surface area contributed by atoms with Crippen molar-refractivity contribution in [2.24, 2.45) is 0 Å². The average molecular weight is 343 g/mol. The van der Waals surface area contributed by atoms with Crippen LogP contribution < -0.4 is 0 Å². The average Bonchev–Trinajstić information content (AvgIpc) is 3.03.